The van der Waals surface area contributed by atoms with Crippen LogP contribution in [0, 0.1) is 0 Å². The summed E-state index contributed by atoms with van der Waals surface area (Å²) in [5.41, 5.74) is 2.32. The van der Waals surface area contributed by atoms with Crippen molar-refractivity contribution in [1.29, 1.82) is 0 Å². The summed E-state index contributed by atoms with van der Waals surface area (Å²) in [7, 11) is 0. The lowest BCUT2D eigenvalue weighted by atomic mass is 10.1. The zero-order valence-electron chi connectivity index (χ0n) is 12.5. The van der Waals surface area contributed by atoms with Crippen molar-refractivity contribution in [3.8, 4) is 5.75 Å². The highest BCUT2D eigenvalue weighted by Crippen LogP contribution is 2.21. The van der Waals surface area contributed by atoms with Gasteiger partial charge in [0.15, 0.2) is 0 Å². The van der Waals surface area contributed by atoms with Crippen molar-refractivity contribution in [2.45, 2.75) is 6.10 Å². The van der Waals surface area contributed by atoms with E-state index in [9.17, 15) is 9.90 Å². The van der Waals surface area contributed by atoms with E-state index in [0.29, 0.717) is 12.2 Å². The molecule has 0 aliphatic carbocycles. The molecule has 0 radical (unpaired) electrons. The standard InChI is InChI=1S/C17H18N2O3.ClH/c20-15-7-3-13(4-8-15)17(21)19-14-5-1-12(2-6-14)16-11-18-9-10-22-16;/h1-8,16,18,20H,9-11H2,(H,19,21);1H. The van der Waals surface area contributed by atoms with E-state index >= 15 is 0 Å². The number of phenols is 1. The predicted octanol–water partition coefficient (Wildman–Crippen LogP) is 2.73. The van der Waals surface area contributed by atoms with Gasteiger partial charge in [0, 0.05) is 24.3 Å². The normalized spacial score (nSPS) is 17.1. The number of carbonyl (C=O) groups excluding carboxylic acids is 1. The molecule has 0 spiro atoms. The molecule has 1 saturated heterocycles. The van der Waals surface area contributed by atoms with Gasteiger partial charge in [-0.1, -0.05) is 12.1 Å². The van der Waals surface area contributed by atoms with Gasteiger partial charge in [-0.05, 0) is 42.0 Å². The first-order valence-corrected chi connectivity index (χ1v) is 7.25. The number of aromatic hydroxyl groups is 1. The number of nitrogens with one attached hydrogen (secondary N) is 2. The summed E-state index contributed by atoms with van der Waals surface area (Å²) in [6.45, 7) is 2.40. The SMILES string of the molecule is Cl.O=C(Nc1ccc(C2CNCCO2)cc1)c1ccc(O)cc1. The fourth-order valence-corrected chi connectivity index (χ4v) is 2.38. The highest BCUT2D eigenvalue weighted by molar-refractivity contribution is 6.04. The summed E-state index contributed by atoms with van der Waals surface area (Å²) >= 11 is 0. The monoisotopic (exact) mass is 334 g/mol. The van der Waals surface area contributed by atoms with Crippen molar-refractivity contribution < 1.29 is 14.6 Å². The molecule has 23 heavy (non-hydrogen) atoms. The molecule has 122 valence electrons. The Morgan fingerprint density at radius 1 is 1.13 bits per heavy atom. The smallest absolute Gasteiger partial charge is 0.255 e. The second kappa shape index (κ2) is 7.97. The minimum absolute atomic E-state index is 0. The van der Waals surface area contributed by atoms with Crippen LogP contribution in [-0.4, -0.2) is 30.7 Å². The molecule has 3 N–H and O–H groups in total. The van der Waals surface area contributed by atoms with Gasteiger partial charge in [-0.2, -0.15) is 0 Å². The molecule has 0 bridgehead atoms. The molecule has 1 fully saturated rings. The van der Waals surface area contributed by atoms with Crippen LogP contribution in [-0.2, 0) is 4.74 Å². The summed E-state index contributed by atoms with van der Waals surface area (Å²) in [5.74, 6) is -0.0645. The van der Waals surface area contributed by atoms with Gasteiger partial charge in [-0.25, -0.2) is 0 Å². The van der Waals surface area contributed by atoms with Gasteiger partial charge in [0.1, 0.15) is 5.75 Å². The molecule has 3 rings (SSSR count). The van der Waals surface area contributed by atoms with Crippen molar-refractivity contribution in [2.75, 3.05) is 25.0 Å². The van der Waals surface area contributed by atoms with Crippen LogP contribution >= 0.6 is 12.4 Å². The van der Waals surface area contributed by atoms with E-state index in [-0.39, 0.29) is 30.2 Å². The molecule has 1 aliphatic rings. The van der Waals surface area contributed by atoms with Gasteiger partial charge in [-0.15, -0.1) is 12.4 Å². The number of phenolic OH excluding ortho intramolecular Hbond substituents is 1. The van der Waals surface area contributed by atoms with E-state index < -0.39 is 0 Å². The average Bonchev–Trinajstić information content (AvgIpc) is 2.57. The third kappa shape index (κ3) is 4.45. The molecule has 0 saturated carbocycles. The third-order valence-corrected chi connectivity index (χ3v) is 3.60. The molecule has 1 aliphatic heterocycles. The number of rotatable bonds is 3. The summed E-state index contributed by atoms with van der Waals surface area (Å²) in [4.78, 5) is 12.1. The maximum absolute atomic E-state index is 12.1. The van der Waals surface area contributed by atoms with Crippen LogP contribution in [0.2, 0.25) is 0 Å². The quantitative estimate of drug-likeness (QED) is 0.807. The van der Waals surface area contributed by atoms with Crippen LogP contribution in [0.15, 0.2) is 48.5 Å². The number of halogens is 1. The Bertz CT molecular complexity index is 638. The van der Waals surface area contributed by atoms with Gasteiger partial charge >= 0.3 is 0 Å². The van der Waals surface area contributed by atoms with Crippen molar-refractivity contribution in [3.63, 3.8) is 0 Å². The van der Waals surface area contributed by atoms with Crippen molar-refractivity contribution in [1.82, 2.24) is 5.32 Å². The summed E-state index contributed by atoms with van der Waals surface area (Å²) in [6, 6.07) is 13.8. The summed E-state index contributed by atoms with van der Waals surface area (Å²) < 4.78 is 5.69. The van der Waals surface area contributed by atoms with Gasteiger partial charge in [0.05, 0.1) is 12.7 Å². The van der Waals surface area contributed by atoms with Crippen LogP contribution in [0.25, 0.3) is 0 Å². The summed E-state index contributed by atoms with van der Waals surface area (Å²) in [6.07, 6.45) is 0.0654. The molecule has 2 aromatic carbocycles. The third-order valence-electron chi connectivity index (χ3n) is 3.60. The molecule has 1 atom stereocenters. The first kappa shape index (κ1) is 17.3. The van der Waals surface area contributed by atoms with Crippen LogP contribution in [0.5, 0.6) is 5.75 Å². The van der Waals surface area contributed by atoms with Crippen LogP contribution < -0.4 is 10.6 Å². The maximum Gasteiger partial charge on any atom is 0.255 e. The number of morpholine rings is 1. The minimum Gasteiger partial charge on any atom is -0.508 e. The van der Waals surface area contributed by atoms with Gasteiger partial charge < -0.3 is 20.5 Å². The number of benzene rings is 2. The van der Waals surface area contributed by atoms with E-state index in [1.165, 1.54) is 12.1 Å². The molecule has 1 amide bonds. The molecular weight excluding hydrogens is 316 g/mol. The Balaban J connectivity index is 0.00000192. The lowest BCUT2D eigenvalue weighted by Crippen LogP contribution is -2.33. The van der Waals surface area contributed by atoms with E-state index in [2.05, 4.69) is 10.6 Å². The Morgan fingerprint density at radius 2 is 1.83 bits per heavy atom. The molecule has 1 unspecified atom stereocenters. The van der Waals surface area contributed by atoms with Crippen molar-refractivity contribution in [3.05, 3.63) is 59.7 Å². The Hall–Kier alpha value is -2.08. The zero-order chi connectivity index (χ0) is 15.4. The Morgan fingerprint density at radius 3 is 2.43 bits per heavy atom. The van der Waals surface area contributed by atoms with Crippen molar-refractivity contribution >= 4 is 24.0 Å². The topological polar surface area (TPSA) is 70.6 Å². The fourth-order valence-electron chi connectivity index (χ4n) is 2.38. The number of ether oxygens (including phenoxy) is 1. The van der Waals surface area contributed by atoms with Crippen LogP contribution in [0.1, 0.15) is 22.0 Å². The lowest BCUT2D eigenvalue weighted by Gasteiger charge is -2.24. The number of hydrogen-bond donors (Lipinski definition) is 3. The zero-order valence-corrected chi connectivity index (χ0v) is 13.3. The second-order valence-corrected chi connectivity index (χ2v) is 5.19. The number of anilines is 1. The molecule has 1 heterocycles. The van der Waals surface area contributed by atoms with Gasteiger partial charge in [-0.3, -0.25) is 4.79 Å². The van der Waals surface area contributed by atoms with E-state index in [0.717, 1.165) is 24.3 Å². The average molecular weight is 335 g/mol. The minimum atomic E-state index is -0.205. The van der Waals surface area contributed by atoms with Crippen LogP contribution in [0.3, 0.4) is 0 Å². The van der Waals surface area contributed by atoms with E-state index in [1.54, 1.807) is 12.1 Å². The highest BCUT2D eigenvalue weighted by Gasteiger charge is 2.15. The second-order valence-electron chi connectivity index (χ2n) is 5.19. The maximum atomic E-state index is 12.1. The Kier molecular flexibility index (Phi) is 5.98. The lowest BCUT2D eigenvalue weighted by molar-refractivity contribution is 0.0277. The largest absolute Gasteiger partial charge is 0.508 e. The first-order valence-electron chi connectivity index (χ1n) is 7.25. The molecule has 2 aromatic rings. The van der Waals surface area contributed by atoms with E-state index in [1.807, 2.05) is 24.3 Å². The molecule has 0 aromatic heterocycles. The Labute approximate surface area is 141 Å². The highest BCUT2D eigenvalue weighted by atomic mass is 35.5. The van der Waals surface area contributed by atoms with Crippen LogP contribution in [0.4, 0.5) is 5.69 Å². The first-order chi connectivity index (χ1) is 10.7. The molecular formula is C17H19ClN2O3. The number of hydrogen-bond acceptors (Lipinski definition) is 4. The van der Waals surface area contributed by atoms with Gasteiger partial charge in [0.25, 0.3) is 5.91 Å². The fraction of sp³-hybridized carbons (Fsp3) is 0.235. The van der Waals surface area contributed by atoms with Gasteiger partial charge in [0.2, 0.25) is 0 Å². The summed E-state index contributed by atoms with van der Waals surface area (Å²) in [5, 5.41) is 15.4. The number of carbonyl (C=O) groups is 1. The predicted molar refractivity (Wildman–Crippen MR) is 91.3 cm³/mol. The molecule has 5 nitrogen and oxygen atoms in total. The molecule has 6 heteroatoms. The van der Waals surface area contributed by atoms with Crippen molar-refractivity contribution in [2.24, 2.45) is 0 Å². The van der Waals surface area contributed by atoms with E-state index in [4.69, 9.17) is 4.74 Å². The number of amides is 1.